The van der Waals surface area contributed by atoms with Crippen molar-refractivity contribution in [2.24, 2.45) is 11.5 Å². The van der Waals surface area contributed by atoms with Gasteiger partial charge in [0.1, 0.15) is 0 Å². The maximum atomic E-state index is 5.72. The summed E-state index contributed by atoms with van der Waals surface area (Å²) in [5.41, 5.74) is 11.1. The van der Waals surface area contributed by atoms with Gasteiger partial charge in [0.05, 0.1) is 9.83 Å². The fraction of sp³-hybridized carbons (Fsp3) is 0.333. The topological polar surface area (TPSA) is 52.0 Å². The van der Waals surface area contributed by atoms with E-state index in [2.05, 4.69) is 31.9 Å². The second-order valence-electron chi connectivity index (χ2n) is 2.11. The second-order valence-corrected chi connectivity index (χ2v) is 5.37. The molecule has 0 aliphatic carbocycles. The molecule has 0 aliphatic rings. The third-order valence-electron chi connectivity index (χ3n) is 1.28. The van der Waals surface area contributed by atoms with Crippen LogP contribution < -0.4 is 11.5 Å². The highest BCUT2D eigenvalue weighted by atomic mass is 79.9. The van der Waals surface area contributed by atoms with E-state index in [0.717, 1.165) is 13.1 Å². The van der Waals surface area contributed by atoms with Crippen LogP contribution in [0.2, 0.25) is 0 Å². The van der Waals surface area contributed by atoms with E-state index < -0.39 is 0 Å². The Bertz CT molecular complexity index is 234. The van der Waals surface area contributed by atoms with Crippen LogP contribution in [0.3, 0.4) is 0 Å². The normalized spacial score (nSPS) is 12.3. The minimum absolute atomic E-state index is 0. The van der Waals surface area contributed by atoms with Crippen molar-refractivity contribution in [3.63, 3.8) is 0 Å². The van der Waals surface area contributed by atoms with Gasteiger partial charge in [0.25, 0.3) is 0 Å². The molecule has 1 aromatic heterocycles. The third kappa shape index (κ3) is 2.97. The number of rotatable bonds is 2. The summed E-state index contributed by atoms with van der Waals surface area (Å²) in [4.78, 5) is 1.10. The minimum atomic E-state index is -0.0393. The van der Waals surface area contributed by atoms with Gasteiger partial charge in [-0.3, -0.25) is 0 Å². The lowest BCUT2D eigenvalue weighted by Crippen LogP contribution is -2.19. The quantitative estimate of drug-likeness (QED) is 0.872. The molecular weight excluding hydrogens is 327 g/mol. The second kappa shape index (κ2) is 5.57. The molecule has 1 aromatic rings. The Hall–Kier alpha value is 0.870. The van der Waals surface area contributed by atoms with Crippen LogP contribution >= 0.6 is 55.6 Å². The van der Waals surface area contributed by atoms with Crippen molar-refractivity contribution >= 4 is 55.6 Å². The molecule has 4 N–H and O–H groups in total. The van der Waals surface area contributed by atoms with Crippen molar-refractivity contribution in [3.05, 3.63) is 19.2 Å². The lowest BCUT2D eigenvalue weighted by Gasteiger charge is -2.02. The summed E-state index contributed by atoms with van der Waals surface area (Å²) in [5, 5.41) is 0. The zero-order valence-electron chi connectivity index (χ0n) is 6.09. The Morgan fingerprint density at radius 2 is 2.08 bits per heavy atom. The first kappa shape index (κ1) is 12.9. The molecule has 0 aliphatic heterocycles. The average molecular weight is 336 g/mol. The minimum Gasteiger partial charge on any atom is -0.329 e. The van der Waals surface area contributed by atoms with Crippen LogP contribution in [0.25, 0.3) is 0 Å². The largest absolute Gasteiger partial charge is 0.329 e. The van der Waals surface area contributed by atoms with Crippen molar-refractivity contribution in [1.29, 1.82) is 0 Å². The van der Waals surface area contributed by atoms with Gasteiger partial charge in [-0.2, -0.15) is 0 Å². The first-order chi connectivity index (χ1) is 5.15. The van der Waals surface area contributed by atoms with Crippen LogP contribution in [-0.2, 0) is 0 Å². The summed E-state index contributed by atoms with van der Waals surface area (Å²) in [6.07, 6.45) is 0. The average Bonchev–Trinajstić information content (AvgIpc) is 2.31. The van der Waals surface area contributed by atoms with E-state index in [1.807, 2.05) is 6.07 Å². The van der Waals surface area contributed by atoms with E-state index in [1.165, 1.54) is 0 Å². The van der Waals surface area contributed by atoms with E-state index in [1.54, 1.807) is 11.3 Å². The molecule has 12 heavy (non-hydrogen) atoms. The van der Waals surface area contributed by atoms with Gasteiger partial charge in [-0.1, -0.05) is 0 Å². The lowest BCUT2D eigenvalue weighted by molar-refractivity contribution is 0.751. The zero-order valence-corrected chi connectivity index (χ0v) is 10.9. The Balaban J connectivity index is 0.00000121. The Kier molecular flexibility index (Phi) is 5.97. The molecule has 0 spiro atoms. The smallest absolute Gasteiger partial charge is 0.0843 e. The summed E-state index contributed by atoms with van der Waals surface area (Å²) < 4.78 is 2.11. The Morgan fingerprint density at radius 1 is 1.50 bits per heavy atom. The summed E-state index contributed by atoms with van der Waals surface area (Å²) in [7, 11) is 0. The summed E-state index contributed by atoms with van der Waals surface area (Å²) in [6.45, 7) is 0.486. The van der Waals surface area contributed by atoms with Crippen molar-refractivity contribution in [2.75, 3.05) is 6.54 Å². The SMILES string of the molecule is Cl.NC[C@@H](N)c1cc(Br)c(Br)s1. The molecule has 0 amide bonds. The maximum absolute atomic E-state index is 5.72. The lowest BCUT2D eigenvalue weighted by atomic mass is 10.3. The fourth-order valence-electron chi connectivity index (χ4n) is 0.662. The summed E-state index contributed by atoms with van der Waals surface area (Å²) in [5.74, 6) is 0. The van der Waals surface area contributed by atoms with Crippen molar-refractivity contribution < 1.29 is 0 Å². The standard InChI is InChI=1S/C6H8Br2N2S.ClH/c7-3-1-5(4(10)2-9)11-6(3)8;/h1,4H,2,9-10H2;1H/t4-;/m1./s1. The molecule has 0 fully saturated rings. The van der Waals surface area contributed by atoms with Gasteiger partial charge in [0.2, 0.25) is 0 Å². The van der Waals surface area contributed by atoms with E-state index in [0.29, 0.717) is 6.54 Å². The van der Waals surface area contributed by atoms with E-state index in [-0.39, 0.29) is 18.4 Å². The van der Waals surface area contributed by atoms with Crippen molar-refractivity contribution in [3.8, 4) is 0 Å². The molecule has 0 saturated heterocycles. The van der Waals surface area contributed by atoms with Gasteiger partial charge in [-0.15, -0.1) is 23.7 Å². The van der Waals surface area contributed by atoms with Gasteiger partial charge in [0.15, 0.2) is 0 Å². The molecule has 2 nitrogen and oxygen atoms in total. The monoisotopic (exact) mass is 334 g/mol. The van der Waals surface area contributed by atoms with Gasteiger partial charge in [-0.05, 0) is 37.9 Å². The number of hydrogen-bond acceptors (Lipinski definition) is 3. The van der Waals surface area contributed by atoms with Gasteiger partial charge in [0, 0.05) is 15.9 Å². The predicted molar refractivity (Wildman–Crippen MR) is 62.9 cm³/mol. The van der Waals surface area contributed by atoms with Crippen LogP contribution in [0.1, 0.15) is 10.9 Å². The van der Waals surface area contributed by atoms with Crippen LogP contribution in [-0.4, -0.2) is 6.54 Å². The number of halogens is 3. The molecule has 0 radical (unpaired) electrons. The fourth-order valence-corrected chi connectivity index (χ4v) is 2.77. The highest BCUT2D eigenvalue weighted by Gasteiger charge is 2.09. The summed E-state index contributed by atoms with van der Waals surface area (Å²) >= 11 is 8.38. The highest BCUT2D eigenvalue weighted by Crippen LogP contribution is 2.34. The molecular formula is C6H9Br2ClN2S. The number of hydrogen-bond donors (Lipinski definition) is 2. The molecule has 0 aromatic carbocycles. The van der Waals surface area contributed by atoms with Crippen LogP contribution in [0.15, 0.2) is 14.3 Å². The van der Waals surface area contributed by atoms with Crippen molar-refractivity contribution in [1.82, 2.24) is 0 Å². The first-order valence-electron chi connectivity index (χ1n) is 3.05. The zero-order chi connectivity index (χ0) is 8.43. The molecule has 1 heterocycles. The molecule has 0 unspecified atom stereocenters. The first-order valence-corrected chi connectivity index (χ1v) is 5.45. The number of thiophene rings is 1. The summed E-state index contributed by atoms with van der Waals surface area (Å²) in [6, 6.07) is 1.95. The van der Waals surface area contributed by atoms with E-state index in [4.69, 9.17) is 11.5 Å². The molecule has 1 rings (SSSR count). The van der Waals surface area contributed by atoms with Gasteiger partial charge in [-0.25, -0.2) is 0 Å². The predicted octanol–water partition coefficient (Wildman–Crippen LogP) is 2.65. The van der Waals surface area contributed by atoms with Crippen LogP contribution in [0.5, 0.6) is 0 Å². The maximum Gasteiger partial charge on any atom is 0.0843 e. The van der Waals surface area contributed by atoms with Gasteiger partial charge >= 0.3 is 0 Å². The van der Waals surface area contributed by atoms with Gasteiger partial charge < -0.3 is 11.5 Å². The third-order valence-corrected chi connectivity index (χ3v) is 4.67. The van der Waals surface area contributed by atoms with E-state index in [9.17, 15) is 0 Å². The van der Waals surface area contributed by atoms with E-state index >= 15 is 0 Å². The highest BCUT2D eigenvalue weighted by molar-refractivity contribution is 9.13. The Labute approximate surface area is 98.4 Å². The molecule has 0 bridgehead atoms. The molecule has 70 valence electrons. The Morgan fingerprint density at radius 3 is 2.42 bits per heavy atom. The molecule has 0 saturated carbocycles. The number of nitrogens with two attached hydrogens (primary N) is 2. The van der Waals surface area contributed by atoms with Crippen LogP contribution in [0, 0.1) is 0 Å². The molecule has 1 atom stereocenters. The van der Waals surface area contributed by atoms with Crippen molar-refractivity contribution in [2.45, 2.75) is 6.04 Å². The molecule has 6 heteroatoms. The van der Waals surface area contributed by atoms with Crippen LogP contribution in [0.4, 0.5) is 0 Å².